The number of carboxylic acid groups (broad SMARTS) is 1. The summed E-state index contributed by atoms with van der Waals surface area (Å²) in [6, 6.07) is 7.21. The Morgan fingerprint density at radius 3 is 2.37 bits per heavy atom. The van der Waals surface area contributed by atoms with Gasteiger partial charge in [0, 0.05) is 29.5 Å². The van der Waals surface area contributed by atoms with E-state index in [4.69, 9.17) is 0 Å². The molecule has 0 saturated heterocycles. The lowest BCUT2D eigenvalue weighted by atomic mass is 9.82. The Hall–Kier alpha value is -3.27. The third-order valence-electron chi connectivity index (χ3n) is 5.49. The van der Waals surface area contributed by atoms with Gasteiger partial charge < -0.3 is 15.2 Å². The molecule has 1 saturated carbocycles. The molecule has 1 fully saturated rings. The summed E-state index contributed by atoms with van der Waals surface area (Å²) in [6.07, 6.45) is 5.78. The summed E-state index contributed by atoms with van der Waals surface area (Å²) in [5, 5.41) is 14.2. The largest absolute Gasteiger partial charge is 0.550 e. The molecular formula is C20H19N4O5S-. The van der Waals surface area contributed by atoms with Crippen LogP contribution in [0.2, 0.25) is 0 Å². The zero-order valence-corrected chi connectivity index (χ0v) is 16.8. The van der Waals surface area contributed by atoms with E-state index in [0.717, 1.165) is 0 Å². The molecule has 9 nitrogen and oxygen atoms in total. The van der Waals surface area contributed by atoms with E-state index >= 15 is 0 Å². The quantitative estimate of drug-likeness (QED) is 0.647. The molecule has 2 aliphatic carbocycles. The van der Waals surface area contributed by atoms with Gasteiger partial charge in [0.15, 0.2) is 0 Å². The second-order valence-electron chi connectivity index (χ2n) is 7.46. The smallest absolute Gasteiger partial charge is 0.264 e. The standard InChI is InChI=1S/C20H20N4O5S/c1-11-8-9-21-20(22-11)24-30(28,29)15-6-4-14(5-7-15)23-18(25)16-12-2-3-13(10-12)17(16)19(26)27/h2-9,12-13,16-17H,10H2,1H3,(H,23,25)(H,26,27)(H,21,22,24)/p-1/t12-,13-,16-,17-/m0/s1. The Balaban J connectivity index is 1.46. The molecule has 0 radical (unpaired) electrons. The number of aryl methyl sites for hydroxylation is 1. The summed E-state index contributed by atoms with van der Waals surface area (Å²) < 4.78 is 27.3. The SMILES string of the molecule is Cc1ccnc(NS(=O)(=O)c2ccc(NC(=O)[C@@H]3[C@@H](C(=O)[O-])[C@H]4C=C[C@H]3C4)cc2)n1. The van der Waals surface area contributed by atoms with Crippen LogP contribution in [0.15, 0.2) is 53.6 Å². The molecule has 2 N–H and O–H groups in total. The normalized spacial score (nSPS) is 24.6. The maximum Gasteiger partial charge on any atom is 0.264 e. The number of amides is 1. The maximum absolute atomic E-state index is 12.7. The predicted octanol–water partition coefficient (Wildman–Crippen LogP) is 0.713. The Labute approximate surface area is 173 Å². The molecule has 0 aliphatic heterocycles. The zero-order valence-electron chi connectivity index (χ0n) is 16.0. The molecule has 1 aromatic heterocycles. The van der Waals surface area contributed by atoms with E-state index in [1.54, 1.807) is 13.0 Å². The van der Waals surface area contributed by atoms with Crippen molar-refractivity contribution in [3.63, 3.8) is 0 Å². The number of allylic oxidation sites excluding steroid dienone is 2. The highest BCUT2D eigenvalue weighted by Gasteiger charge is 2.48. The second-order valence-corrected chi connectivity index (χ2v) is 9.14. The number of carbonyl (C=O) groups excluding carboxylic acids is 2. The summed E-state index contributed by atoms with van der Waals surface area (Å²) in [6.45, 7) is 1.72. The van der Waals surface area contributed by atoms with E-state index in [1.165, 1.54) is 30.5 Å². The first-order valence-corrected chi connectivity index (χ1v) is 10.9. The van der Waals surface area contributed by atoms with Crippen LogP contribution < -0.4 is 15.1 Å². The van der Waals surface area contributed by atoms with Crippen LogP contribution in [-0.2, 0) is 19.6 Å². The van der Waals surface area contributed by atoms with Gasteiger partial charge in [-0.05, 0) is 55.5 Å². The van der Waals surface area contributed by atoms with Gasteiger partial charge in [0.1, 0.15) is 0 Å². The van der Waals surface area contributed by atoms with Gasteiger partial charge in [-0.3, -0.25) is 4.79 Å². The van der Waals surface area contributed by atoms with Crippen LogP contribution in [-0.4, -0.2) is 30.3 Å². The fourth-order valence-corrected chi connectivity index (χ4v) is 5.07. The summed E-state index contributed by atoms with van der Waals surface area (Å²) in [5.74, 6) is -3.54. The molecule has 0 spiro atoms. The molecule has 10 heteroatoms. The average Bonchev–Trinajstić information content (AvgIpc) is 3.29. The minimum absolute atomic E-state index is 0.0268. The number of aromatic nitrogens is 2. The van der Waals surface area contributed by atoms with Gasteiger partial charge in [0.05, 0.1) is 10.8 Å². The van der Waals surface area contributed by atoms with E-state index in [-0.39, 0.29) is 22.7 Å². The van der Waals surface area contributed by atoms with Gasteiger partial charge >= 0.3 is 0 Å². The van der Waals surface area contributed by atoms with Crippen molar-refractivity contribution in [2.45, 2.75) is 18.2 Å². The molecule has 2 aliphatic rings. The summed E-state index contributed by atoms with van der Waals surface area (Å²) in [5.41, 5.74) is 0.987. The molecule has 1 amide bonds. The predicted molar refractivity (Wildman–Crippen MR) is 105 cm³/mol. The van der Waals surface area contributed by atoms with Crippen molar-refractivity contribution in [1.29, 1.82) is 0 Å². The summed E-state index contributed by atoms with van der Waals surface area (Å²) in [4.78, 5) is 32.0. The van der Waals surface area contributed by atoms with Crippen LogP contribution in [0, 0.1) is 30.6 Å². The number of hydrogen-bond acceptors (Lipinski definition) is 7. The Morgan fingerprint density at radius 1 is 1.07 bits per heavy atom. The van der Waals surface area contributed by atoms with Gasteiger partial charge in [-0.1, -0.05) is 12.2 Å². The number of anilines is 2. The fraction of sp³-hybridized carbons (Fsp3) is 0.300. The second kappa shape index (κ2) is 7.52. The summed E-state index contributed by atoms with van der Waals surface area (Å²) >= 11 is 0. The third-order valence-corrected chi connectivity index (χ3v) is 6.83. The highest BCUT2D eigenvalue weighted by molar-refractivity contribution is 7.92. The number of carboxylic acids is 1. The summed E-state index contributed by atoms with van der Waals surface area (Å²) in [7, 11) is -3.90. The monoisotopic (exact) mass is 427 g/mol. The van der Waals surface area contributed by atoms with Crippen LogP contribution in [0.25, 0.3) is 0 Å². The topological polar surface area (TPSA) is 141 Å². The van der Waals surface area contributed by atoms with E-state index in [1.807, 2.05) is 12.2 Å². The first-order valence-electron chi connectivity index (χ1n) is 9.37. The third kappa shape index (κ3) is 3.78. The molecule has 4 atom stereocenters. The minimum Gasteiger partial charge on any atom is -0.550 e. The Morgan fingerprint density at radius 2 is 1.73 bits per heavy atom. The van der Waals surface area contributed by atoms with Gasteiger partial charge in [-0.25, -0.2) is 23.1 Å². The highest BCUT2D eigenvalue weighted by atomic mass is 32.2. The molecule has 2 aromatic rings. The number of hydrogen-bond donors (Lipinski definition) is 2. The van der Waals surface area contributed by atoms with Crippen molar-refractivity contribution in [3.05, 3.63) is 54.4 Å². The zero-order chi connectivity index (χ0) is 21.5. The van der Waals surface area contributed by atoms with Gasteiger partial charge in [-0.2, -0.15) is 0 Å². The van der Waals surface area contributed by atoms with Crippen molar-refractivity contribution in [1.82, 2.24) is 9.97 Å². The fourth-order valence-electron chi connectivity index (χ4n) is 4.12. The van der Waals surface area contributed by atoms with Crippen molar-refractivity contribution in [3.8, 4) is 0 Å². The van der Waals surface area contributed by atoms with E-state index in [9.17, 15) is 23.1 Å². The number of carbonyl (C=O) groups is 2. The molecule has 30 heavy (non-hydrogen) atoms. The van der Waals surface area contributed by atoms with Gasteiger partial charge in [-0.15, -0.1) is 0 Å². The van der Waals surface area contributed by atoms with Crippen molar-refractivity contribution in [2.75, 3.05) is 10.0 Å². The van der Waals surface area contributed by atoms with E-state index in [0.29, 0.717) is 17.8 Å². The number of benzene rings is 1. The van der Waals surface area contributed by atoms with Crippen molar-refractivity contribution in [2.24, 2.45) is 23.7 Å². The number of nitrogens with zero attached hydrogens (tertiary/aromatic N) is 2. The van der Waals surface area contributed by atoms with Crippen LogP contribution in [0.5, 0.6) is 0 Å². The number of sulfonamides is 1. The van der Waals surface area contributed by atoms with E-state index < -0.39 is 33.7 Å². The lowest BCUT2D eigenvalue weighted by Gasteiger charge is -2.27. The Bertz CT molecular complexity index is 1130. The number of rotatable bonds is 6. The number of nitrogens with one attached hydrogen (secondary N) is 2. The van der Waals surface area contributed by atoms with Crippen molar-refractivity contribution >= 4 is 33.5 Å². The average molecular weight is 427 g/mol. The molecule has 1 heterocycles. The molecule has 1 aromatic carbocycles. The van der Waals surface area contributed by atoms with Crippen LogP contribution in [0.1, 0.15) is 12.1 Å². The molecular weight excluding hydrogens is 408 g/mol. The minimum atomic E-state index is -3.90. The van der Waals surface area contributed by atoms with Gasteiger partial charge in [0.2, 0.25) is 11.9 Å². The highest BCUT2D eigenvalue weighted by Crippen LogP contribution is 2.48. The van der Waals surface area contributed by atoms with E-state index in [2.05, 4.69) is 20.0 Å². The maximum atomic E-state index is 12.7. The first-order chi connectivity index (χ1) is 14.2. The lowest BCUT2D eigenvalue weighted by molar-refractivity contribution is -0.313. The molecule has 4 rings (SSSR count). The van der Waals surface area contributed by atoms with Crippen LogP contribution in [0.4, 0.5) is 11.6 Å². The van der Waals surface area contributed by atoms with Gasteiger partial charge in [0.25, 0.3) is 10.0 Å². The number of fused-ring (bicyclic) bond motifs is 2. The lowest BCUT2D eigenvalue weighted by Crippen LogP contribution is -2.42. The van der Waals surface area contributed by atoms with Crippen molar-refractivity contribution < 1.29 is 23.1 Å². The number of aliphatic carboxylic acids is 1. The molecule has 2 bridgehead atoms. The molecule has 0 unspecified atom stereocenters. The molecule has 156 valence electrons. The van der Waals surface area contributed by atoms with Crippen LogP contribution >= 0.6 is 0 Å². The Kier molecular flexibility index (Phi) is 5.02. The first kappa shape index (κ1) is 20.0. The van der Waals surface area contributed by atoms with Crippen LogP contribution in [0.3, 0.4) is 0 Å².